The van der Waals surface area contributed by atoms with Gasteiger partial charge in [0.2, 0.25) is 5.91 Å². The Morgan fingerprint density at radius 1 is 1.10 bits per heavy atom. The van der Waals surface area contributed by atoms with Gasteiger partial charge in [0, 0.05) is 29.8 Å². The number of nitrogens with one attached hydrogen (secondary N) is 1. The Kier molecular flexibility index (Phi) is 8.58. The van der Waals surface area contributed by atoms with Gasteiger partial charge in [-0.25, -0.2) is 14.6 Å². The molecule has 1 amide bonds. The largest absolute Gasteiger partial charge is 0.490 e. The predicted octanol–water partition coefficient (Wildman–Crippen LogP) is 2.74. The van der Waals surface area contributed by atoms with Crippen molar-refractivity contribution < 1.29 is 36.6 Å². The van der Waals surface area contributed by atoms with E-state index in [0.717, 1.165) is 31.7 Å². The Bertz CT molecular complexity index is 1510. The Balaban J connectivity index is 0.000000532. The molecule has 1 aliphatic rings. The van der Waals surface area contributed by atoms with E-state index in [1.165, 1.54) is 0 Å². The van der Waals surface area contributed by atoms with Gasteiger partial charge in [0.15, 0.2) is 5.82 Å². The van der Waals surface area contributed by atoms with Crippen LogP contribution in [0, 0.1) is 13.8 Å². The molecule has 4 N–H and O–H groups in total. The second kappa shape index (κ2) is 11.5. The molecule has 208 valence electrons. The maximum absolute atomic E-state index is 12.9. The van der Waals surface area contributed by atoms with Crippen molar-refractivity contribution in [3.8, 4) is 17.1 Å². The van der Waals surface area contributed by atoms with Gasteiger partial charge in [-0.1, -0.05) is 6.07 Å². The minimum Gasteiger partial charge on any atom is -0.475 e. The molecule has 0 fully saturated rings. The number of benzene rings is 1. The highest BCUT2D eigenvalue weighted by atomic mass is 19.4. The average molecular weight is 555 g/mol. The first-order valence-electron chi connectivity index (χ1n) is 11.2. The normalized spacial score (nSPS) is 12.7. The molecular formula is C23H22F5N7O4. The van der Waals surface area contributed by atoms with Gasteiger partial charge < -0.3 is 16.2 Å². The summed E-state index contributed by atoms with van der Waals surface area (Å²) in [6.45, 7) is 2.82. The Labute approximate surface area is 216 Å². The van der Waals surface area contributed by atoms with Crippen molar-refractivity contribution in [3.05, 3.63) is 63.1 Å². The number of nitrogens with zero attached hydrogens (tertiary/aromatic N) is 5. The van der Waals surface area contributed by atoms with Gasteiger partial charge in [0.25, 0.3) is 6.08 Å². The predicted molar refractivity (Wildman–Crippen MR) is 127 cm³/mol. The van der Waals surface area contributed by atoms with Crippen molar-refractivity contribution in [1.29, 1.82) is 0 Å². The summed E-state index contributed by atoms with van der Waals surface area (Å²) in [4.78, 5) is 37.9. The minimum absolute atomic E-state index is 0.00756. The number of tetrazole rings is 1. The topological polar surface area (TPSA) is 158 Å². The van der Waals surface area contributed by atoms with Crippen LogP contribution in [0.2, 0.25) is 0 Å². The number of alkyl halides is 3. The average Bonchev–Trinajstić information content (AvgIpc) is 3.22. The Morgan fingerprint density at radius 2 is 1.77 bits per heavy atom. The monoisotopic (exact) mass is 555 g/mol. The van der Waals surface area contributed by atoms with Gasteiger partial charge in [0.1, 0.15) is 0 Å². The SMILES string of the molecule is Cc1ccc(-c2cc(C)c3c(c2)CCC(=O)N3)nc1-n1nnn(CC(CN)=C(F)F)c1=O.O=C(O)C(F)(F)F. The van der Waals surface area contributed by atoms with E-state index >= 15 is 0 Å². The summed E-state index contributed by atoms with van der Waals surface area (Å²) in [7, 11) is 0. The summed E-state index contributed by atoms with van der Waals surface area (Å²) in [5, 5.41) is 17.5. The first-order chi connectivity index (χ1) is 18.2. The van der Waals surface area contributed by atoms with Gasteiger partial charge in [0.05, 0.1) is 12.2 Å². The number of aromatic nitrogens is 5. The molecule has 0 saturated heterocycles. The van der Waals surface area contributed by atoms with Crippen LogP contribution in [0.3, 0.4) is 0 Å². The van der Waals surface area contributed by atoms with Crippen LogP contribution in [0.15, 0.2) is 40.7 Å². The molecule has 11 nitrogen and oxygen atoms in total. The highest BCUT2D eigenvalue weighted by Gasteiger charge is 2.38. The number of hydrogen-bond acceptors (Lipinski definition) is 7. The number of carbonyl (C=O) groups excluding carboxylic acids is 1. The number of fused-ring (bicyclic) bond motifs is 1. The molecule has 1 aliphatic heterocycles. The zero-order valence-electron chi connectivity index (χ0n) is 20.5. The van der Waals surface area contributed by atoms with Gasteiger partial charge in [-0.3, -0.25) is 4.79 Å². The van der Waals surface area contributed by atoms with E-state index in [1.54, 1.807) is 13.0 Å². The standard InChI is InChI=1S/C21H21F2N7O2.C2HF3O2/c1-11-3-5-16(14-7-12(2)18-13(8-14)4-6-17(31)26-18)25-20(11)30-21(32)29(27-28-30)10-15(9-24)19(22)23;3-2(4,5)1(6)7/h3,5,7-8H,4,6,9-10,24H2,1-2H3,(H,26,31);(H,6,7). The van der Waals surface area contributed by atoms with Crippen molar-refractivity contribution in [2.24, 2.45) is 5.73 Å². The zero-order valence-corrected chi connectivity index (χ0v) is 20.5. The number of nitrogens with two attached hydrogens (primary N) is 1. The van der Waals surface area contributed by atoms with Crippen LogP contribution in [0.4, 0.5) is 27.6 Å². The zero-order chi connectivity index (χ0) is 29.1. The van der Waals surface area contributed by atoms with Crippen LogP contribution in [0.1, 0.15) is 23.1 Å². The molecule has 0 saturated carbocycles. The number of hydrogen-bond donors (Lipinski definition) is 3. The molecular weight excluding hydrogens is 533 g/mol. The third-order valence-electron chi connectivity index (χ3n) is 5.61. The van der Waals surface area contributed by atoms with Gasteiger partial charge >= 0.3 is 17.8 Å². The molecule has 39 heavy (non-hydrogen) atoms. The number of carboxylic acids is 1. The lowest BCUT2D eigenvalue weighted by Crippen LogP contribution is -2.27. The second-order valence-electron chi connectivity index (χ2n) is 8.41. The molecule has 0 bridgehead atoms. The van der Waals surface area contributed by atoms with E-state index in [0.29, 0.717) is 24.1 Å². The van der Waals surface area contributed by atoms with E-state index in [1.807, 2.05) is 25.1 Å². The lowest BCUT2D eigenvalue weighted by Gasteiger charge is -2.20. The van der Waals surface area contributed by atoms with E-state index in [4.69, 9.17) is 15.6 Å². The highest BCUT2D eigenvalue weighted by Crippen LogP contribution is 2.32. The maximum Gasteiger partial charge on any atom is 0.490 e. The van der Waals surface area contributed by atoms with E-state index in [9.17, 15) is 31.5 Å². The van der Waals surface area contributed by atoms with Crippen LogP contribution < -0.4 is 16.7 Å². The summed E-state index contributed by atoms with van der Waals surface area (Å²) < 4.78 is 59.4. The molecule has 3 heterocycles. The van der Waals surface area contributed by atoms with Crippen molar-refractivity contribution >= 4 is 17.6 Å². The third kappa shape index (κ3) is 6.70. The smallest absolute Gasteiger partial charge is 0.475 e. The van der Waals surface area contributed by atoms with Crippen LogP contribution in [0.5, 0.6) is 0 Å². The van der Waals surface area contributed by atoms with Crippen LogP contribution >= 0.6 is 0 Å². The second-order valence-corrected chi connectivity index (χ2v) is 8.41. The molecule has 0 radical (unpaired) electrons. The molecule has 3 aromatic rings. The number of rotatable bonds is 5. The fourth-order valence-corrected chi connectivity index (χ4v) is 3.62. The number of carboxylic acid groups (broad SMARTS) is 1. The Morgan fingerprint density at radius 3 is 2.36 bits per heavy atom. The first-order valence-corrected chi connectivity index (χ1v) is 11.2. The minimum atomic E-state index is -5.08. The molecule has 4 rings (SSSR count). The number of aryl methyl sites for hydroxylation is 3. The Hall–Kier alpha value is -4.47. The molecule has 1 aromatic carbocycles. The summed E-state index contributed by atoms with van der Waals surface area (Å²) >= 11 is 0. The van der Waals surface area contributed by atoms with Gasteiger partial charge in [-0.2, -0.15) is 26.6 Å². The van der Waals surface area contributed by atoms with Crippen molar-refractivity contribution in [2.75, 3.05) is 11.9 Å². The molecule has 0 spiro atoms. The fourth-order valence-electron chi connectivity index (χ4n) is 3.62. The van der Waals surface area contributed by atoms with Crippen molar-refractivity contribution in [3.63, 3.8) is 0 Å². The lowest BCUT2D eigenvalue weighted by atomic mass is 9.95. The first kappa shape index (κ1) is 29.1. The van der Waals surface area contributed by atoms with Gasteiger partial charge in [-0.05, 0) is 65.6 Å². The number of amides is 1. The number of halogens is 5. The highest BCUT2D eigenvalue weighted by molar-refractivity contribution is 5.95. The van der Waals surface area contributed by atoms with E-state index in [-0.39, 0.29) is 11.7 Å². The molecule has 0 atom stereocenters. The molecule has 16 heteroatoms. The summed E-state index contributed by atoms with van der Waals surface area (Å²) in [6.07, 6.45) is -5.98. The number of aliphatic carboxylic acids is 1. The number of pyridine rings is 1. The lowest BCUT2D eigenvalue weighted by molar-refractivity contribution is -0.192. The maximum atomic E-state index is 12.9. The number of anilines is 1. The summed E-state index contributed by atoms with van der Waals surface area (Å²) in [5.41, 5.74) is 9.07. The van der Waals surface area contributed by atoms with Crippen LogP contribution in [0.25, 0.3) is 17.1 Å². The quantitative estimate of drug-likeness (QED) is 0.406. The fraction of sp³-hybridized carbons (Fsp3) is 0.304. The van der Waals surface area contributed by atoms with Gasteiger partial charge in [-0.15, -0.1) is 4.68 Å². The van der Waals surface area contributed by atoms with Crippen LogP contribution in [-0.4, -0.2) is 54.5 Å². The third-order valence-corrected chi connectivity index (χ3v) is 5.61. The van der Waals surface area contributed by atoms with E-state index in [2.05, 4.69) is 20.7 Å². The number of carbonyl (C=O) groups is 2. The molecule has 0 aliphatic carbocycles. The summed E-state index contributed by atoms with van der Waals surface area (Å²) in [5.74, 6) is -2.51. The van der Waals surface area contributed by atoms with Crippen molar-refractivity contribution in [2.45, 2.75) is 39.4 Å². The van der Waals surface area contributed by atoms with E-state index < -0.39 is 42.6 Å². The molecule has 2 aromatic heterocycles. The molecule has 0 unspecified atom stereocenters. The van der Waals surface area contributed by atoms with Crippen LogP contribution in [-0.2, 0) is 22.6 Å². The van der Waals surface area contributed by atoms with Crippen molar-refractivity contribution in [1.82, 2.24) is 24.8 Å². The summed E-state index contributed by atoms with van der Waals surface area (Å²) in [6, 6.07) is 7.50.